The minimum Gasteiger partial charge on any atom is -0.481 e. The summed E-state index contributed by atoms with van der Waals surface area (Å²) in [4.78, 5) is 24.9. The number of urea groups is 1. The van der Waals surface area contributed by atoms with Gasteiger partial charge in [-0.15, -0.1) is 6.42 Å². The van der Waals surface area contributed by atoms with Crippen molar-refractivity contribution in [3.63, 3.8) is 0 Å². The maximum absolute atomic E-state index is 12.1. The van der Waals surface area contributed by atoms with Crippen LogP contribution in [-0.2, 0) is 4.79 Å². The van der Waals surface area contributed by atoms with Gasteiger partial charge >= 0.3 is 12.0 Å². The number of aliphatic carboxylic acids is 1. The molecule has 1 fully saturated rings. The third-order valence-electron chi connectivity index (χ3n) is 3.58. The van der Waals surface area contributed by atoms with E-state index in [9.17, 15) is 14.7 Å². The number of hydrogen-bond donors (Lipinski definition) is 2. The predicted octanol–water partition coefficient (Wildman–Crippen LogP) is 1.68. The molecule has 1 aliphatic rings. The van der Waals surface area contributed by atoms with E-state index < -0.39 is 11.4 Å². The summed E-state index contributed by atoms with van der Waals surface area (Å²) in [5.41, 5.74) is -0.855. The number of hydrogen-bond acceptors (Lipinski definition) is 2. The van der Waals surface area contributed by atoms with E-state index >= 15 is 0 Å². The smallest absolute Gasteiger partial charge is 0.318 e. The molecule has 2 atom stereocenters. The fourth-order valence-corrected chi connectivity index (χ4v) is 2.31. The number of nitrogens with one attached hydrogen (secondary N) is 1. The van der Waals surface area contributed by atoms with Gasteiger partial charge in [0.05, 0.1) is 11.5 Å². The van der Waals surface area contributed by atoms with E-state index in [0.717, 1.165) is 12.8 Å². The van der Waals surface area contributed by atoms with Crippen molar-refractivity contribution >= 4 is 12.0 Å². The molecule has 2 N–H and O–H groups in total. The van der Waals surface area contributed by atoms with E-state index in [4.69, 9.17) is 6.42 Å². The second-order valence-electron chi connectivity index (χ2n) is 5.35. The van der Waals surface area contributed by atoms with Crippen molar-refractivity contribution in [2.75, 3.05) is 13.1 Å². The van der Waals surface area contributed by atoms with Crippen LogP contribution in [0.15, 0.2) is 0 Å². The maximum atomic E-state index is 12.1. The summed E-state index contributed by atoms with van der Waals surface area (Å²) < 4.78 is 0. The van der Waals surface area contributed by atoms with E-state index in [1.807, 2.05) is 6.92 Å². The van der Waals surface area contributed by atoms with Crippen LogP contribution >= 0.6 is 0 Å². The molecule has 1 heterocycles. The molecule has 2 unspecified atom stereocenters. The Hall–Kier alpha value is -1.70. The van der Waals surface area contributed by atoms with Gasteiger partial charge in [-0.25, -0.2) is 4.79 Å². The highest BCUT2D eigenvalue weighted by Crippen LogP contribution is 2.29. The van der Waals surface area contributed by atoms with Crippen LogP contribution in [-0.4, -0.2) is 41.1 Å². The summed E-state index contributed by atoms with van der Waals surface area (Å²) in [7, 11) is 0. The third kappa shape index (κ3) is 3.88. The zero-order valence-electron chi connectivity index (χ0n) is 11.6. The number of likely N-dealkylation sites (tertiary alicyclic amines) is 1. The van der Waals surface area contributed by atoms with Crippen LogP contribution in [0.25, 0.3) is 0 Å². The number of nitrogens with zero attached hydrogens (tertiary/aromatic N) is 1. The highest BCUT2D eigenvalue weighted by Gasteiger charge is 2.39. The quantitative estimate of drug-likeness (QED) is 0.761. The second-order valence-corrected chi connectivity index (χ2v) is 5.35. The summed E-state index contributed by atoms with van der Waals surface area (Å²) in [6.07, 6.45) is 8.28. The third-order valence-corrected chi connectivity index (χ3v) is 3.58. The van der Waals surface area contributed by atoms with Crippen LogP contribution in [0.5, 0.6) is 0 Å². The Balaban J connectivity index is 2.62. The van der Waals surface area contributed by atoms with Crippen LogP contribution in [0, 0.1) is 17.8 Å². The Labute approximate surface area is 114 Å². The highest BCUT2D eigenvalue weighted by atomic mass is 16.4. The molecule has 0 aromatic carbocycles. The van der Waals surface area contributed by atoms with Gasteiger partial charge in [-0.05, 0) is 26.2 Å². The molecular formula is C14H22N2O3. The largest absolute Gasteiger partial charge is 0.481 e. The lowest BCUT2D eigenvalue weighted by Gasteiger charge is -2.37. The molecule has 0 bridgehead atoms. The predicted molar refractivity (Wildman–Crippen MR) is 72.6 cm³/mol. The monoisotopic (exact) mass is 266 g/mol. The van der Waals surface area contributed by atoms with Gasteiger partial charge in [0.2, 0.25) is 0 Å². The zero-order valence-corrected chi connectivity index (χ0v) is 11.6. The molecule has 0 aromatic heterocycles. The summed E-state index contributed by atoms with van der Waals surface area (Å²) >= 11 is 0. The minimum absolute atomic E-state index is 0.234. The molecule has 19 heavy (non-hydrogen) atoms. The Morgan fingerprint density at radius 1 is 1.58 bits per heavy atom. The number of carboxylic acid groups (broad SMARTS) is 1. The number of carbonyl (C=O) groups excluding carboxylic acids is 1. The van der Waals surface area contributed by atoms with Gasteiger partial charge in [-0.3, -0.25) is 4.79 Å². The molecule has 5 nitrogen and oxygen atoms in total. The first kappa shape index (κ1) is 15.4. The standard InChI is InChI=1S/C14H22N2O3/c1-4-7-11(5-2)15-13(19)16-9-6-8-14(3,10-16)12(17)18/h2,11H,4,6-10H2,1,3H3,(H,15,19)(H,17,18). The average molecular weight is 266 g/mol. The summed E-state index contributed by atoms with van der Waals surface area (Å²) in [5, 5.41) is 12.0. The lowest BCUT2D eigenvalue weighted by Crippen LogP contribution is -2.53. The molecule has 5 heteroatoms. The molecule has 0 aliphatic carbocycles. The number of carbonyl (C=O) groups is 2. The van der Waals surface area contributed by atoms with Crippen LogP contribution in [0.2, 0.25) is 0 Å². The zero-order chi connectivity index (χ0) is 14.5. The maximum Gasteiger partial charge on any atom is 0.318 e. The first-order chi connectivity index (χ1) is 8.92. The molecule has 0 saturated carbocycles. The lowest BCUT2D eigenvalue weighted by molar-refractivity contribution is -0.150. The fourth-order valence-electron chi connectivity index (χ4n) is 2.31. The molecule has 1 aliphatic heterocycles. The first-order valence-electron chi connectivity index (χ1n) is 6.68. The fraction of sp³-hybridized carbons (Fsp3) is 0.714. The van der Waals surface area contributed by atoms with Gasteiger partial charge in [0, 0.05) is 13.1 Å². The van der Waals surface area contributed by atoms with Crippen molar-refractivity contribution < 1.29 is 14.7 Å². The molecule has 0 radical (unpaired) electrons. The molecule has 1 saturated heterocycles. The number of terminal acetylenes is 1. The molecule has 2 amide bonds. The van der Waals surface area contributed by atoms with Crippen LogP contribution in [0.4, 0.5) is 4.79 Å². The number of carboxylic acids is 1. The van der Waals surface area contributed by atoms with E-state index in [1.165, 1.54) is 0 Å². The average Bonchev–Trinajstić information content (AvgIpc) is 2.38. The molecule has 1 rings (SSSR count). The van der Waals surface area contributed by atoms with Gasteiger partial charge in [0.1, 0.15) is 0 Å². The van der Waals surface area contributed by atoms with E-state index in [2.05, 4.69) is 11.2 Å². The topological polar surface area (TPSA) is 69.6 Å². The van der Waals surface area contributed by atoms with Gasteiger partial charge in [-0.1, -0.05) is 19.3 Å². The van der Waals surface area contributed by atoms with Crippen molar-refractivity contribution in [2.45, 2.75) is 45.6 Å². The summed E-state index contributed by atoms with van der Waals surface area (Å²) in [6.45, 7) is 4.49. The van der Waals surface area contributed by atoms with Gasteiger partial charge in [0.25, 0.3) is 0 Å². The Bertz CT molecular complexity index is 389. The molecular weight excluding hydrogens is 244 g/mol. The van der Waals surface area contributed by atoms with Crippen LogP contribution in [0.3, 0.4) is 0 Å². The number of piperidine rings is 1. The van der Waals surface area contributed by atoms with E-state index in [1.54, 1.807) is 11.8 Å². The van der Waals surface area contributed by atoms with Gasteiger partial charge < -0.3 is 15.3 Å². The van der Waals surface area contributed by atoms with Crippen molar-refractivity contribution in [1.82, 2.24) is 10.2 Å². The van der Waals surface area contributed by atoms with Gasteiger partial charge in [-0.2, -0.15) is 0 Å². The van der Waals surface area contributed by atoms with Crippen LogP contribution in [0.1, 0.15) is 39.5 Å². The van der Waals surface area contributed by atoms with E-state index in [-0.39, 0.29) is 18.6 Å². The summed E-state index contributed by atoms with van der Waals surface area (Å²) in [6, 6.07) is -0.543. The van der Waals surface area contributed by atoms with Crippen molar-refractivity contribution in [1.29, 1.82) is 0 Å². The molecule has 106 valence electrons. The Morgan fingerprint density at radius 3 is 2.79 bits per heavy atom. The van der Waals surface area contributed by atoms with Crippen molar-refractivity contribution in [3.05, 3.63) is 0 Å². The van der Waals surface area contributed by atoms with Crippen molar-refractivity contribution in [3.8, 4) is 12.3 Å². The van der Waals surface area contributed by atoms with Crippen molar-refractivity contribution in [2.24, 2.45) is 5.41 Å². The molecule has 0 spiro atoms. The van der Waals surface area contributed by atoms with Gasteiger partial charge in [0.15, 0.2) is 0 Å². The second kappa shape index (κ2) is 6.46. The number of rotatable bonds is 4. The summed E-state index contributed by atoms with van der Waals surface area (Å²) in [5.74, 6) is 1.69. The molecule has 0 aromatic rings. The minimum atomic E-state index is -0.855. The SMILES string of the molecule is C#CC(CCC)NC(=O)N1CCCC(C)(C(=O)O)C1. The number of amides is 2. The first-order valence-corrected chi connectivity index (χ1v) is 6.68. The van der Waals surface area contributed by atoms with Crippen LogP contribution < -0.4 is 5.32 Å². The normalized spacial score (nSPS) is 24.4. The highest BCUT2D eigenvalue weighted by molar-refractivity contribution is 5.78. The lowest BCUT2D eigenvalue weighted by atomic mass is 9.82. The Kier molecular flexibility index (Phi) is 5.22. The van der Waals surface area contributed by atoms with E-state index in [0.29, 0.717) is 19.4 Å². The Morgan fingerprint density at radius 2 is 2.26 bits per heavy atom.